The van der Waals surface area contributed by atoms with Gasteiger partial charge in [0, 0.05) is 39.4 Å². The summed E-state index contributed by atoms with van der Waals surface area (Å²) in [5.41, 5.74) is 2.27. The topological polar surface area (TPSA) is 69.7 Å². The molecule has 1 N–H and O–H groups in total. The van der Waals surface area contributed by atoms with Gasteiger partial charge in [0.25, 0.3) is 5.91 Å². The van der Waals surface area contributed by atoms with Gasteiger partial charge in [0.2, 0.25) is 10.0 Å². The van der Waals surface area contributed by atoms with E-state index in [9.17, 15) is 13.2 Å². The molecule has 0 unspecified atom stereocenters. The first-order valence-corrected chi connectivity index (χ1v) is 12.3. The molecule has 0 saturated heterocycles. The molecule has 0 atom stereocenters. The van der Waals surface area contributed by atoms with Gasteiger partial charge in [0.15, 0.2) is 0 Å². The largest absolute Gasteiger partial charge is 0.372 e. The van der Waals surface area contributed by atoms with E-state index in [0.29, 0.717) is 12.6 Å². The highest BCUT2D eigenvalue weighted by Gasteiger charge is 2.21. The van der Waals surface area contributed by atoms with Gasteiger partial charge in [-0.1, -0.05) is 43.0 Å². The number of amides is 1. The van der Waals surface area contributed by atoms with Crippen LogP contribution in [0, 0.1) is 0 Å². The van der Waals surface area contributed by atoms with Crippen molar-refractivity contribution < 1.29 is 13.2 Å². The molecule has 1 aliphatic carbocycles. The molecule has 1 saturated carbocycles. The van der Waals surface area contributed by atoms with Crippen LogP contribution in [0.1, 0.15) is 48.0 Å². The van der Waals surface area contributed by atoms with E-state index in [4.69, 9.17) is 11.6 Å². The third kappa shape index (κ3) is 5.59. The van der Waals surface area contributed by atoms with Crippen molar-refractivity contribution in [3.05, 3.63) is 58.6 Å². The quantitative estimate of drug-likeness (QED) is 0.665. The van der Waals surface area contributed by atoms with E-state index in [0.717, 1.165) is 9.87 Å². The van der Waals surface area contributed by atoms with Crippen LogP contribution >= 0.6 is 11.6 Å². The summed E-state index contributed by atoms with van der Waals surface area (Å²) >= 11 is 6.16. The van der Waals surface area contributed by atoms with Gasteiger partial charge in [-0.25, -0.2) is 12.7 Å². The molecule has 0 radical (unpaired) electrons. The summed E-state index contributed by atoms with van der Waals surface area (Å²) in [5.74, 6) is -0.413. The van der Waals surface area contributed by atoms with Crippen LogP contribution in [0.3, 0.4) is 0 Å². The van der Waals surface area contributed by atoms with E-state index in [-0.39, 0.29) is 15.5 Å². The summed E-state index contributed by atoms with van der Waals surface area (Å²) in [7, 11) is 1.38. The average molecular weight is 464 g/mol. The summed E-state index contributed by atoms with van der Waals surface area (Å²) < 4.78 is 25.8. The van der Waals surface area contributed by atoms with Gasteiger partial charge in [0.1, 0.15) is 0 Å². The highest BCUT2D eigenvalue weighted by atomic mass is 35.5. The molecule has 168 valence electrons. The van der Waals surface area contributed by atoms with Gasteiger partial charge in [0.05, 0.1) is 15.5 Å². The maximum Gasteiger partial charge on any atom is 0.253 e. The van der Waals surface area contributed by atoms with Crippen molar-refractivity contribution in [2.24, 2.45) is 0 Å². The summed E-state index contributed by atoms with van der Waals surface area (Å²) in [6.07, 6.45) is 6.38. The Morgan fingerprint density at radius 3 is 2.29 bits per heavy atom. The van der Waals surface area contributed by atoms with Gasteiger partial charge in [-0.05, 0) is 48.7 Å². The minimum Gasteiger partial charge on any atom is -0.372 e. The molecule has 2 aromatic carbocycles. The smallest absolute Gasteiger partial charge is 0.253 e. The second-order valence-electron chi connectivity index (χ2n) is 8.18. The molecule has 1 fully saturated rings. The van der Waals surface area contributed by atoms with Crippen LogP contribution in [0.5, 0.6) is 0 Å². The van der Waals surface area contributed by atoms with E-state index >= 15 is 0 Å². The Hall–Kier alpha value is -2.09. The molecule has 0 heterocycles. The number of nitrogens with zero attached hydrogens (tertiary/aromatic N) is 2. The van der Waals surface area contributed by atoms with E-state index < -0.39 is 15.9 Å². The van der Waals surface area contributed by atoms with Gasteiger partial charge in [-0.3, -0.25) is 4.79 Å². The normalized spacial score (nSPS) is 15.1. The first-order valence-electron chi connectivity index (χ1n) is 10.5. The van der Waals surface area contributed by atoms with Gasteiger partial charge in [-0.2, -0.15) is 0 Å². The zero-order valence-corrected chi connectivity index (χ0v) is 19.8. The zero-order valence-electron chi connectivity index (χ0n) is 18.3. The lowest BCUT2D eigenvalue weighted by molar-refractivity contribution is 0.0951. The molecule has 6 nitrogen and oxygen atoms in total. The van der Waals surface area contributed by atoms with Gasteiger partial charge < -0.3 is 10.2 Å². The number of carbonyl (C=O) groups excluding carboxylic acids is 1. The predicted octanol–water partition coefficient (Wildman–Crippen LogP) is 4.29. The summed E-state index contributed by atoms with van der Waals surface area (Å²) in [6.45, 7) is 0.327. The zero-order chi connectivity index (χ0) is 22.6. The number of carbonyl (C=O) groups is 1. The molecule has 8 heteroatoms. The fourth-order valence-electron chi connectivity index (χ4n) is 3.86. The van der Waals surface area contributed by atoms with E-state index in [1.54, 1.807) is 0 Å². The maximum absolute atomic E-state index is 12.7. The Morgan fingerprint density at radius 2 is 1.68 bits per heavy atom. The Balaban J connectivity index is 1.65. The molecule has 0 bridgehead atoms. The molecular weight excluding hydrogens is 434 g/mol. The highest BCUT2D eigenvalue weighted by molar-refractivity contribution is 7.89. The summed E-state index contributed by atoms with van der Waals surface area (Å²) in [4.78, 5) is 15.0. The molecule has 1 aliphatic rings. The monoisotopic (exact) mass is 463 g/mol. The second kappa shape index (κ2) is 10.0. The number of rotatable bonds is 7. The van der Waals surface area contributed by atoms with E-state index in [1.165, 1.54) is 70.1 Å². The standard InChI is InChI=1S/C23H30ClN3O3S/c1-26(2)31(29,30)20-13-14-22(24)21(15-20)23(28)25-16-17-9-11-19(12-10-17)27(3)18-7-5-4-6-8-18/h9-15,18H,4-8,16H2,1-3H3,(H,25,28). The lowest BCUT2D eigenvalue weighted by Crippen LogP contribution is -2.33. The van der Waals surface area contributed by atoms with Crippen molar-refractivity contribution in [1.29, 1.82) is 0 Å². The van der Waals surface area contributed by atoms with Crippen LogP contribution in [0.2, 0.25) is 5.02 Å². The van der Waals surface area contributed by atoms with Crippen molar-refractivity contribution in [3.63, 3.8) is 0 Å². The van der Waals surface area contributed by atoms with Crippen molar-refractivity contribution in [1.82, 2.24) is 9.62 Å². The number of hydrogen-bond acceptors (Lipinski definition) is 4. The number of benzene rings is 2. The Kier molecular flexibility index (Phi) is 7.62. The highest BCUT2D eigenvalue weighted by Crippen LogP contribution is 2.26. The second-order valence-corrected chi connectivity index (χ2v) is 10.7. The predicted molar refractivity (Wildman–Crippen MR) is 125 cm³/mol. The number of anilines is 1. The van der Waals surface area contributed by atoms with Crippen molar-refractivity contribution >= 4 is 33.2 Å². The van der Waals surface area contributed by atoms with Crippen LogP contribution in [0.25, 0.3) is 0 Å². The molecule has 3 rings (SSSR count). The SMILES string of the molecule is CN(c1ccc(CNC(=O)c2cc(S(=O)(=O)N(C)C)ccc2Cl)cc1)C1CCCCC1. The molecule has 0 spiro atoms. The lowest BCUT2D eigenvalue weighted by Gasteiger charge is -2.33. The van der Waals surface area contributed by atoms with E-state index in [2.05, 4.69) is 29.4 Å². The van der Waals surface area contributed by atoms with Crippen molar-refractivity contribution in [3.8, 4) is 0 Å². The molecular formula is C23H30ClN3O3S. The van der Waals surface area contributed by atoms with Crippen LogP contribution < -0.4 is 10.2 Å². The summed E-state index contributed by atoms with van der Waals surface area (Å²) in [6, 6.07) is 12.9. The number of sulfonamides is 1. The Labute approximate surface area is 190 Å². The average Bonchev–Trinajstić information content (AvgIpc) is 2.78. The summed E-state index contributed by atoms with van der Waals surface area (Å²) in [5, 5.41) is 3.04. The Bertz CT molecular complexity index is 1020. The lowest BCUT2D eigenvalue weighted by atomic mass is 9.94. The molecule has 2 aromatic rings. The number of nitrogens with one attached hydrogen (secondary N) is 1. The first kappa shape index (κ1) is 23.6. The molecule has 1 amide bonds. The first-order chi connectivity index (χ1) is 14.7. The minimum atomic E-state index is -3.65. The third-order valence-electron chi connectivity index (χ3n) is 5.88. The van der Waals surface area contributed by atoms with Gasteiger partial charge >= 0.3 is 0 Å². The van der Waals surface area contributed by atoms with Crippen LogP contribution in [-0.4, -0.2) is 45.8 Å². The van der Waals surface area contributed by atoms with Crippen LogP contribution in [0.4, 0.5) is 5.69 Å². The van der Waals surface area contributed by atoms with Gasteiger partial charge in [-0.15, -0.1) is 0 Å². The molecule has 0 aliphatic heterocycles. The van der Waals surface area contributed by atoms with E-state index in [1.807, 2.05) is 12.1 Å². The fraction of sp³-hybridized carbons (Fsp3) is 0.435. The van der Waals surface area contributed by atoms with Crippen LogP contribution in [0.15, 0.2) is 47.4 Å². The maximum atomic E-state index is 12.7. The minimum absolute atomic E-state index is 0.0298. The number of halogens is 1. The van der Waals surface area contributed by atoms with Crippen molar-refractivity contribution in [2.75, 3.05) is 26.0 Å². The molecule has 0 aromatic heterocycles. The van der Waals surface area contributed by atoms with Crippen LogP contribution in [-0.2, 0) is 16.6 Å². The third-order valence-corrected chi connectivity index (χ3v) is 8.02. The Morgan fingerprint density at radius 1 is 1.03 bits per heavy atom. The fourth-order valence-corrected chi connectivity index (χ4v) is 4.99. The van der Waals surface area contributed by atoms with Crippen molar-refractivity contribution in [2.45, 2.75) is 49.6 Å². The number of hydrogen-bond donors (Lipinski definition) is 1. The molecule has 31 heavy (non-hydrogen) atoms.